The van der Waals surface area contributed by atoms with Crippen molar-refractivity contribution in [1.82, 2.24) is 5.32 Å². The number of amides is 1. The number of carbonyl (C=O) groups is 1. The molecule has 0 atom stereocenters. The summed E-state index contributed by atoms with van der Waals surface area (Å²) < 4.78 is 11.9. The molecule has 0 fully saturated rings. The van der Waals surface area contributed by atoms with Crippen LogP contribution in [0.2, 0.25) is 0 Å². The summed E-state index contributed by atoms with van der Waals surface area (Å²) in [4.78, 5) is 12.8. The van der Waals surface area contributed by atoms with Gasteiger partial charge in [0.25, 0.3) is 5.91 Å². The van der Waals surface area contributed by atoms with E-state index in [9.17, 15) is 4.79 Å². The predicted octanol–water partition coefficient (Wildman–Crippen LogP) is 6.82. The van der Waals surface area contributed by atoms with E-state index in [2.05, 4.69) is 48.7 Å². The minimum Gasteiger partial charge on any atom is -0.490 e. The first-order valence-electron chi connectivity index (χ1n) is 12.6. The number of hydrogen-bond acceptors (Lipinski definition) is 4. The van der Waals surface area contributed by atoms with Crippen molar-refractivity contribution in [1.29, 1.82) is 0 Å². The Morgan fingerprint density at radius 3 is 2.24 bits per heavy atom. The lowest BCUT2D eigenvalue weighted by molar-refractivity contribution is 0.0954. The SMILES string of the molecule is CCCCCOc1ccc(C(=O)NCCNc2cccc3ccccc23)cc1OCCCCC. The quantitative estimate of drug-likeness (QED) is 0.243. The van der Waals surface area contributed by atoms with Crippen LogP contribution in [0.25, 0.3) is 10.8 Å². The molecule has 0 aliphatic heterocycles. The highest BCUT2D eigenvalue weighted by atomic mass is 16.5. The molecule has 0 aromatic heterocycles. The van der Waals surface area contributed by atoms with Gasteiger partial charge in [-0.25, -0.2) is 0 Å². The summed E-state index contributed by atoms with van der Waals surface area (Å²) in [6.07, 6.45) is 6.55. The fraction of sp³-hybridized carbons (Fsp3) is 0.414. The summed E-state index contributed by atoms with van der Waals surface area (Å²) in [5.74, 6) is 1.24. The number of carbonyl (C=O) groups excluding carboxylic acids is 1. The molecule has 0 spiro atoms. The average Bonchev–Trinajstić information content (AvgIpc) is 2.87. The van der Waals surface area contributed by atoms with E-state index in [0.29, 0.717) is 43.4 Å². The molecule has 0 aliphatic carbocycles. The molecule has 0 heterocycles. The van der Waals surface area contributed by atoms with Crippen LogP contribution in [0.3, 0.4) is 0 Å². The summed E-state index contributed by atoms with van der Waals surface area (Å²) in [6.45, 7) is 6.78. The van der Waals surface area contributed by atoms with Crippen LogP contribution in [0, 0.1) is 0 Å². The van der Waals surface area contributed by atoms with Gasteiger partial charge in [-0.1, -0.05) is 75.9 Å². The van der Waals surface area contributed by atoms with Gasteiger partial charge in [-0.05, 0) is 42.5 Å². The number of rotatable bonds is 15. The van der Waals surface area contributed by atoms with Gasteiger partial charge in [0.2, 0.25) is 0 Å². The molecule has 3 rings (SSSR count). The Morgan fingerprint density at radius 2 is 1.47 bits per heavy atom. The standard InChI is InChI=1S/C29H38N2O3/c1-3-5-9-20-33-27-17-16-24(22-28(27)34-21-10-6-4-2)29(32)31-19-18-30-26-15-11-13-23-12-7-8-14-25(23)26/h7-8,11-17,22,30H,3-6,9-10,18-21H2,1-2H3,(H,31,32). The number of anilines is 1. The van der Waals surface area contributed by atoms with E-state index >= 15 is 0 Å². The normalized spacial score (nSPS) is 10.8. The van der Waals surface area contributed by atoms with Crippen LogP contribution in [0.4, 0.5) is 5.69 Å². The van der Waals surface area contributed by atoms with Crippen LogP contribution < -0.4 is 20.1 Å². The lowest BCUT2D eigenvalue weighted by atomic mass is 10.1. The van der Waals surface area contributed by atoms with E-state index in [1.54, 1.807) is 6.07 Å². The molecule has 5 heteroatoms. The van der Waals surface area contributed by atoms with Crippen LogP contribution in [-0.4, -0.2) is 32.2 Å². The summed E-state index contributed by atoms with van der Waals surface area (Å²) >= 11 is 0. The Balaban J connectivity index is 1.55. The van der Waals surface area contributed by atoms with E-state index in [-0.39, 0.29) is 5.91 Å². The van der Waals surface area contributed by atoms with Crippen LogP contribution in [-0.2, 0) is 0 Å². The molecule has 3 aromatic carbocycles. The van der Waals surface area contributed by atoms with Gasteiger partial charge in [-0.15, -0.1) is 0 Å². The number of benzene rings is 3. The summed E-state index contributed by atoms with van der Waals surface area (Å²) in [5.41, 5.74) is 1.65. The summed E-state index contributed by atoms with van der Waals surface area (Å²) in [6, 6.07) is 19.9. The molecular weight excluding hydrogens is 424 g/mol. The van der Waals surface area contributed by atoms with Crippen molar-refractivity contribution in [2.45, 2.75) is 52.4 Å². The fourth-order valence-electron chi connectivity index (χ4n) is 3.80. The van der Waals surface area contributed by atoms with E-state index in [4.69, 9.17) is 9.47 Å². The molecule has 182 valence electrons. The highest BCUT2D eigenvalue weighted by Crippen LogP contribution is 2.29. The first-order valence-corrected chi connectivity index (χ1v) is 12.6. The predicted molar refractivity (Wildman–Crippen MR) is 141 cm³/mol. The van der Waals surface area contributed by atoms with E-state index in [1.165, 1.54) is 10.8 Å². The van der Waals surface area contributed by atoms with Crippen molar-refractivity contribution in [3.05, 3.63) is 66.2 Å². The van der Waals surface area contributed by atoms with Crippen molar-refractivity contribution >= 4 is 22.4 Å². The number of ether oxygens (including phenoxy) is 2. The van der Waals surface area contributed by atoms with Gasteiger partial charge < -0.3 is 20.1 Å². The Morgan fingerprint density at radius 1 is 0.765 bits per heavy atom. The number of unbranched alkanes of at least 4 members (excludes halogenated alkanes) is 4. The third kappa shape index (κ3) is 7.68. The van der Waals surface area contributed by atoms with E-state index < -0.39 is 0 Å². The third-order valence-corrected chi connectivity index (χ3v) is 5.73. The number of nitrogens with one attached hydrogen (secondary N) is 2. The Labute approximate surface area is 203 Å². The second-order valence-electron chi connectivity index (χ2n) is 8.48. The average molecular weight is 463 g/mol. The number of fused-ring (bicyclic) bond motifs is 1. The van der Waals surface area contributed by atoms with Gasteiger partial charge in [0.05, 0.1) is 13.2 Å². The van der Waals surface area contributed by atoms with Gasteiger partial charge in [-0.3, -0.25) is 4.79 Å². The molecule has 34 heavy (non-hydrogen) atoms. The smallest absolute Gasteiger partial charge is 0.251 e. The van der Waals surface area contributed by atoms with E-state index in [0.717, 1.165) is 44.2 Å². The maximum atomic E-state index is 12.8. The van der Waals surface area contributed by atoms with Crippen molar-refractivity contribution < 1.29 is 14.3 Å². The molecule has 2 N–H and O–H groups in total. The van der Waals surface area contributed by atoms with Gasteiger partial charge in [0.1, 0.15) is 0 Å². The fourth-order valence-corrected chi connectivity index (χ4v) is 3.80. The molecule has 0 saturated heterocycles. The zero-order chi connectivity index (χ0) is 24.0. The summed E-state index contributed by atoms with van der Waals surface area (Å²) in [5, 5.41) is 8.80. The maximum Gasteiger partial charge on any atom is 0.251 e. The van der Waals surface area contributed by atoms with Crippen molar-refractivity contribution in [2.24, 2.45) is 0 Å². The first kappa shape index (κ1) is 25.4. The largest absolute Gasteiger partial charge is 0.490 e. The van der Waals surface area contributed by atoms with Gasteiger partial charge in [-0.2, -0.15) is 0 Å². The molecule has 3 aromatic rings. The molecule has 0 saturated carbocycles. The summed E-state index contributed by atoms with van der Waals surface area (Å²) in [7, 11) is 0. The van der Waals surface area contributed by atoms with Crippen molar-refractivity contribution in [3.8, 4) is 11.5 Å². The minimum atomic E-state index is -0.115. The third-order valence-electron chi connectivity index (χ3n) is 5.73. The molecule has 0 radical (unpaired) electrons. The highest BCUT2D eigenvalue weighted by Gasteiger charge is 2.12. The molecule has 0 aliphatic rings. The second kappa shape index (κ2) is 14.1. The first-order chi connectivity index (χ1) is 16.7. The zero-order valence-corrected chi connectivity index (χ0v) is 20.6. The zero-order valence-electron chi connectivity index (χ0n) is 20.6. The van der Waals surface area contributed by atoms with Gasteiger partial charge >= 0.3 is 0 Å². The highest BCUT2D eigenvalue weighted by molar-refractivity contribution is 5.95. The van der Waals surface area contributed by atoms with Crippen molar-refractivity contribution in [3.63, 3.8) is 0 Å². The van der Waals surface area contributed by atoms with Crippen LogP contribution in [0.5, 0.6) is 11.5 Å². The van der Waals surface area contributed by atoms with Crippen LogP contribution in [0.15, 0.2) is 60.7 Å². The number of hydrogen-bond donors (Lipinski definition) is 2. The van der Waals surface area contributed by atoms with Gasteiger partial charge in [0, 0.05) is 29.7 Å². The molecule has 0 bridgehead atoms. The lowest BCUT2D eigenvalue weighted by Crippen LogP contribution is -2.28. The van der Waals surface area contributed by atoms with Gasteiger partial charge in [0.15, 0.2) is 11.5 Å². The van der Waals surface area contributed by atoms with Crippen LogP contribution in [0.1, 0.15) is 62.7 Å². The van der Waals surface area contributed by atoms with Crippen LogP contribution >= 0.6 is 0 Å². The molecule has 0 unspecified atom stereocenters. The Kier molecular flexibility index (Phi) is 10.6. The Hall–Kier alpha value is -3.21. The Bertz CT molecular complexity index is 1030. The molecule has 5 nitrogen and oxygen atoms in total. The molecular formula is C29H38N2O3. The van der Waals surface area contributed by atoms with E-state index in [1.807, 2.05) is 30.3 Å². The second-order valence-corrected chi connectivity index (χ2v) is 8.48. The van der Waals surface area contributed by atoms with Crippen molar-refractivity contribution in [2.75, 3.05) is 31.6 Å². The molecule has 1 amide bonds. The maximum absolute atomic E-state index is 12.8. The lowest BCUT2D eigenvalue weighted by Gasteiger charge is -2.15. The monoisotopic (exact) mass is 462 g/mol. The minimum absolute atomic E-state index is 0.115. The topological polar surface area (TPSA) is 59.6 Å².